The van der Waals surface area contributed by atoms with Gasteiger partial charge in [-0.1, -0.05) is 13.3 Å². The number of thiophene rings is 1. The summed E-state index contributed by atoms with van der Waals surface area (Å²) in [6.45, 7) is 3.45. The molecule has 2 heterocycles. The van der Waals surface area contributed by atoms with Crippen molar-refractivity contribution in [2.75, 3.05) is 25.6 Å². The van der Waals surface area contributed by atoms with E-state index in [9.17, 15) is 14.4 Å². The highest BCUT2D eigenvalue weighted by Crippen LogP contribution is 2.37. The van der Waals surface area contributed by atoms with Gasteiger partial charge < -0.3 is 25.4 Å². The van der Waals surface area contributed by atoms with E-state index >= 15 is 0 Å². The highest BCUT2D eigenvalue weighted by atomic mass is 32.1. The largest absolute Gasteiger partial charge is 0.494 e. The number of anilines is 1. The molecule has 0 bridgehead atoms. The molecule has 3 N–H and O–H groups in total. The Hall–Kier alpha value is -3.07. The molecule has 3 rings (SSSR count). The number of nitrogens with one attached hydrogen (secondary N) is 1. The fraction of sp³-hybridized carbons (Fsp3) is 0.381. The van der Waals surface area contributed by atoms with Gasteiger partial charge in [-0.15, -0.1) is 11.3 Å². The first-order chi connectivity index (χ1) is 14.4. The van der Waals surface area contributed by atoms with Crippen LogP contribution in [-0.4, -0.2) is 43.1 Å². The minimum Gasteiger partial charge on any atom is -0.494 e. The lowest BCUT2D eigenvalue weighted by Gasteiger charge is -2.25. The van der Waals surface area contributed by atoms with Gasteiger partial charge in [-0.25, -0.2) is 4.79 Å². The second-order valence-corrected chi connectivity index (χ2v) is 8.00. The predicted octanol–water partition coefficient (Wildman–Crippen LogP) is 3.40. The molecule has 8 nitrogen and oxygen atoms in total. The molecule has 0 saturated heterocycles. The molecular weight excluding hydrogens is 406 g/mol. The number of amides is 3. The highest BCUT2D eigenvalue weighted by Gasteiger charge is 2.29. The average molecular weight is 432 g/mol. The van der Waals surface area contributed by atoms with Crippen molar-refractivity contribution in [3.05, 3.63) is 45.8 Å². The number of hydrogen-bond acceptors (Lipinski definition) is 6. The number of benzene rings is 1. The van der Waals surface area contributed by atoms with Crippen LogP contribution in [0.3, 0.4) is 0 Å². The Morgan fingerprint density at radius 3 is 2.60 bits per heavy atom. The van der Waals surface area contributed by atoms with Gasteiger partial charge >= 0.3 is 6.09 Å². The van der Waals surface area contributed by atoms with Crippen LogP contribution in [0.15, 0.2) is 24.3 Å². The minimum atomic E-state index is -0.603. The van der Waals surface area contributed by atoms with Crippen molar-refractivity contribution in [1.29, 1.82) is 0 Å². The lowest BCUT2D eigenvalue weighted by atomic mass is 10.0. The maximum absolute atomic E-state index is 12.7. The molecule has 9 heteroatoms. The summed E-state index contributed by atoms with van der Waals surface area (Å²) in [4.78, 5) is 39.0. The van der Waals surface area contributed by atoms with Crippen molar-refractivity contribution in [3.63, 3.8) is 0 Å². The molecule has 0 aliphatic carbocycles. The Kier molecular flexibility index (Phi) is 6.94. The third kappa shape index (κ3) is 4.73. The lowest BCUT2D eigenvalue weighted by molar-refractivity contribution is 0.0999. The quantitative estimate of drug-likeness (QED) is 0.653. The number of unbranched alkanes of at least 4 members (excludes halogenated alkanes) is 1. The molecule has 2 aromatic rings. The van der Waals surface area contributed by atoms with E-state index in [0.717, 1.165) is 23.3 Å². The molecule has 3 amide bonds. The van der Waals surface area contributed by atoms with Gasteiger partial charge in [0.25, 0.3) is 11.8 Å². The van der Waals surface area contributed by atoms with Crippen LogP contribution in [0.25, 0.3) is 0 Å². The zero-order valence-corrected chi connectivity index (χ0v) is 17.8. The molecule has 1 aromatic carbocycles. The lowest BCUT2D eigenvalue weighted by Crippen LogP contribution is -2.35. The maximum Gasteiger partial charge on any atom is 0.409 e. The summed E-state index contributed by atoms with van der Waals surface area (Å²) >= 11 is 1.25. The Balaban J connectivity index is 1.76. The summed E-state index contributed by atoms with van der Waals surface area (Å²) in [5.41, 5.74) is 7.12. The van der Waals surface area contributed by atoms with Crippen LogP contribution >= 0.6 is 11.3 Å². The molecule has 0 spiro atoms. The van der Waals surface area contributed by atoms with Crippen LogP contribution in [0, 0.1) is 0 Å². The summed E-state index contributed by atoms with van der Waals surface area (Å²) in [7, 11) is 1.33. The molecule has 30 heavy (non-hydrogen) atoms. The third-order valence-corrected chi connectivity index (χ3v) is 5.98. The molecule has 0 saturated carbocycles. The van der Waals surface area contributed by atoms with Gasteiger partial charge in [-0.05, 0) is 42.7 Å². The molecule has 1 aliphatic rings. The molecule has 0 radical (unpaired) electrons. The van der Waals surface area contributed by atoms with E-state index in [1.54, 1.807) is 29.2 Å². The number of carbonyl (C=O) groups excluding carboxylic acids is 3. The Morgan fingerprint density at radius 2 is 1.97 bits per heavy atom. The smallest absolute Gasteiger partial charge is 0.409 e. The molecular formula is C21H25N3O5S. The Morgan fingerprint density at radius 1 is 1.23 bits per heavy atom. The average Bonchev–Trinajstić information content (AvgIpc) is 3.10. The van der Waals surface area contributed by atoms with E-state index in [1.165, 1.54) is 18.4 Å². The van der Waals surface area contributed by atoms with Crippen molar-refractivity contribution in [3.8, 4) is 5.75 Å². The second-order valence-electron chi connectivity index (χ2n) is 6.89. The monoisotopic (exact) mass is 431 g/mol. The van der Waals surface area contributed by atoms with Gasteiger partial charge in [0.15, 0.2) is 0 Å². The summed E-state index contributed by atoms with van der Waals surface area (Å²) in [5, 5.41) is 3.19. The van der Waals surface area contributed by atoms with Crippen molar-refractivity contribution in [2.24, 2.45) is 5.73 Å². The fourth-order valence-electron chi connectivity index (χ4n) is 3.25. The first-order valence-electron chi connectivity index (χ1n) is 9.76. The van der Waals surface area contributed by atoms with Gasteiger partial charge in [-0.3, -0.25) is 9.59 Å². The van der Waals surface area contributed by atoms with E-state index < -0.39 is 12.0 Å². The molecule has 1 aliphatic heterocycles. The van der Waals surface area contributed by atoms with E-state index in [2.05, 4.69) is 12.2 Å². The topological polar surface area (TPSA) is 111 Å². The SMILES string of the molecule is CCCCOc1ccc(C(=O)Nc2sc3c(c2C(N)=O)CCN(C(=O)OC)C3)cc1. The first kappa shape index (κ1) is 21.6. The Labute approximate surface area is 178 Å². The van der Waals surface area contributed by atoms with Gasteiger partial charge in [0.1, 0.15) is 10.8 Å². The maximum atomic E-state index is 12.7. The van der Waals surface area contributed by atoms with Crippen molar-refractivity contribution in [2.45, 2.75) is 32.7 Å². The summed E-state index contributed by atoms with van der Waals surface area (Å²) in [6.07, 6.45) is 2.06. The summed E-state index contributed by atoms with van der Waals surface area (Å²) in [5.74, 6) is -0.248. The van der Waals surface area contributed by atoms with Crippen LogP contribution in [0.1, 0.15) is 50.9 Å². The highest BCUT2D eigenvalue weighted by molar-refractivity contribution is 7.17. The number of fused-ring (bicyclic) bond motifs is 1. The van der Waals surface area contributed by atoms with Gasteiger partial charge in [0, 0.05) is 17.0 Å². The molecule has 160 valence electrons. The zero-order valence-electron chi connectivity index (χ0n) is 17.0. The van der Waals surface area contributed by atoms with Gasteiger partial charge in [-0.2, -0.15) is 0 Å². The van der Waals surface area contributed by atoms with E-state index in [4.69, 9.17) is 15.2 Å². The first-order valence-corrected chi connectivity index (χ1v) is 10.6. The Bertz CT molecular complexity index is 939. The van der Waals surface area contributed by atoms with Gasteiger partial charge in [0.2, 0.25) is 0 Å². The van der Waals surface area contributed by atoms with E-state index in [-0.39, 0.29) is 5.91 Å². The number of rotatable bonds is 7. The summed E-state index contributed by atoms with van der Waals surface area (Å²) < 4.78 is 10.4. The number of hydrogen-bond donors (Lipinski definition) is 2. The number of nitrogens with zero attached hydrogens (tertiary/aromatic N) is 1. The standard InChI is InChI=1S/C21H25N3O5S/c1-3-4-11-29-14-7-5-13(6-8-14)19(26)23-20-17(18(22)25)15-9-10-24(21(27)28-2)12-16(15)30-20/h5-8H,3-4,9-12H2,1-2H3,(H2,22,25)(H,23,26). The minimum absolute atomic E-state index is 0.312. The third-order valence-electron chi connectivity index (χ3n) is 4.85. The van der Waals surface area contributed by atoms with Crippen molar-refractivity contribution >= 4 is 34.2 Å². The zero-order chi connectivity index (χ0) is 21.7. The number of ether oxygens (including phenoxy) is 2. The number of primary amides is 1. The van der Waals surface area contributed by atoms with E-state index in [1.807, 2.05) is 0 Å². The number of nitrogens with two attached hydrogens (primary N) is 1. The van der Waals surface area contributed by atoms with Crippen LogP contribution < -0.4 is 15.8 Å². The van der Waals surface area contributed by atoms with Crippen LogP contribution in [-0.2, 0) is 17.7 Å². The predicted molar refractivity (Wildman–Crippen MR) is 114 cm³/mol. The molecule has 0 atom stereocenters. The summed E-state index contributed by atoms with van der Waals surface area (Å²) in [6, 6.07) is 6.83. The van der Waals surface area contributed by atoms with Gasteiger partial charge in [0.05, 0.1) is 25.8 Å². The second kappa shape index (κ2) is 9.62. The molecule has 1 aromatic heterocycles. The molecule has 0 unspecified atom stereocenters. The number of methoxy groups -OCH3 is 1. The van der Waals surface area contributed by atoms with Crippen LogP contribution in [0.2, 0.25) is 0 Å². The normalized spacial score (nSPS) is 12.8. The van der Waals surface area contributed by atoms with Crippen LogP contribution in [0.4, 0.5) is 9.80 Å². The van der Waals surface area contributed by atoms with Crippen molar-refractivity contribution in [1.82, 2.24) is 4.90 Å². The van der Waals surface area contributed by atoms with E-state index in [0.29, 0.717) is 48.0 Å². The van der Waals surface area contributed by atoms with Crippen molar-refractivity contribution < 1.29 is 23.9 Å². The number of carbonyl (C=O) groups is 3. The van der Waals surface area contributed by atoms with Crippen LogP contribution in [0.5, 0.6) is 5.75 Å². The fourth-order valence-corrected chi connectivity index (χ4v) is 4.51. The molecule has 0 fully saturated rings.